The SMILES string of the molecule is COc1ccc(-c2cccc3nc(Cc4cccc(N(C)C(=O)C(C)N5CCCCC5)c4)nn23)cc1. The zero-order valence-corrected chi connectivity index (χ0v) is 21.2. The van der Waals surface area contributed by atoms with Gasteiger partial charge in [-0.05, 0) is 86.9 Å². The molecule has 0 radical (unpaired) electrons. The standard InChI is InChI=1S/C29H33N5O2/c1-21(33-17-5-4-6-18-33)29(35)32(2)24-10-7-9-22(19-24)20-27-30-28-12-8-11-26(34(28)31-27)23-13-15-25(36-3)16-14-23/h7-16,19,21H,4-6,17-18,20H2,1-3H3. The topological polar surface area (TPSA) is 63.0 Å². The van der Waals surface area contributed by atoms with Crippen molar-refractivity contribution >= 4 is 17.2 Å². The normalized spacial score (nSPS) is 15.1. The van der Waals surface area contributed by atoms with E-state index in [9.17, 15) is 4.79 Å². The maximum absolute atomic E-state index is 13.2. The minimum absolute atomic E-state index is 0.115. The summed E-state index contributed by atoms with van der Waals surface area (Å²) in [5, 5.41) is 4.81. The maximum atomic E-state index is 13.2. The Kier molecular flexibility index (Phi) is 7.00. The van der Waals surface area contributed by atoms with Crippen LogP contribution in [0, 0.1) is 0 Å². The fourth-order valence-electron chi connectivity index (χ4n) is 4.93. The molecule has 1 atom stereocenters. The molecule has 0 spiro atoms. The first kappa shape index (κ1) is 24.0. The number of hydrogen-bond acceptors (Lipinski definition) is 5. The molecule has 0 saturated carbocycles. The van der Waals surface area contributed by atoms with E-state index in [1.165, 1.54) is 19.3 Å². The molecule has 2 aromatic carbocycles. The highest BCUT2D eigenvalue weighted by Crippen LogP contribution is 2.24. The molecule has 1 aliphatic rings. The second-order valence-electron chi connectivity index (χ2n) is 9.45. The molecule has 0 bridgehead atoms. The molecule has 1 saturated heterocycles. The number of rotatable bonds is 7. The molecule has 7 nitrogen and oxygen atoms in total. The molecule has 0 N–H and O–H groups in total. The second-order valence-corrected chi connectivity index (χ2v) is 9.45. The van der Waals surface area contributed by atoms with Gasteiger partial charge in [0.25, 0.3) is 0 Å². The van der Waals surface area contributed by atoms with Crippen LogP contribution in [0.5, 0.6) is 5.75 Å². The van der Waals surface area contributed by atoms with Crippen LogP contribution in [0.4, 0.5) is 5.69 Å². The molecule has 4 aromatic rings. The molecular weight excluding hydrogens is 450 g/mol. The van der Waals surface area contributed by atoms with Gasteiger partial charge in [-0.1, -0.05) is 24.6 Å². The van der Waals surface area contributed by atoms with E-state index in [1.54, 1.807) is 12.0 Å². The molecule has 186 valence electrons. The zero-order chi connectivity index (χ0) is 25.1. The van der Waals surface area contributed by atoms with E-state index in [4.69, 9.17) is 14.8 Å². The van der Waals surface area contributed by atoms with E-state index in [1.807, 2.05) is 73.1 Å². The Morgan fingerprint density at radius 1 is 1.03 bits per heavy atom. The number of aromatic nitrogens is 3. The van der Waals surface area contributed by atoms with Crippen molar-refractivity contribution < 1.29 is 9.53 Å². The van der Waals surface area contributed by atoms with Gasteiger partial charge in [0.05, 0.1) is 18.8 Å². The van der Waals surface area contributed by atoms with Crippen LogP contribution >= 0.6 is 0 Å². The van der Waals surface area contributed by atoms with E-state index in [-0.39, 0.29) is 11.9 Å². The molecule has 1 fully saturated rings. The van der Waals surface area contributed by atoms with Gasteiger partial charge in [-0.3, -0.25) is 9.69 Å². The van der Waals surface area contributed by atoms with Gasteiger partial charge < -0.3 is 9.64 Å². The van der Waals surface area contributed by atoms with E-state index in [0.29, 0.717) is 6.42 Å². The van der Waals surface area contributed by atoms with Crippen LogP contribution in [0.3, 0.4) is 0 Å². The van der Waals surface area contributed by atoms with Crippen LogP contribution in [-0.2, 0) is 11.2 Å². The van der Waals surface area contributed by atoms with Crippen molar-refractivity contribution in [3.8, 4) is 17.0 Å². The monoisotopic (exact) mass is 483 g/mol. The molecule has 5 rings (SSSR count). The number of piperidine rings is 1. The molecule has 1 aliphatic heterocycles. The summed E-state index contributed by atoms with van der Waals surface area (Å²) in [6.07, 6.45) is 4.18. The van der Waals surface area contributed by atoms with Crippen molar-refractivity contribution in [1.29, 1.82) is 0 Å². The number of nitrogens with zero attached hydrogens (tertiary/aromatic N) is 5. The summed E-state index contributed by atoms with van der Waals surface area (Å²) in [5.41, 5.74) is 4.78. The number of carbonyl (C=O) groups is 1. The van der Waals surface area contributed by atoms with Gasteiger partial charge in [0, 0.05) is 24.7 Å². The van der Waals surface area contributed by atoms with E-state index in [0.717, 1.165) is 52.8 Å². The molecule has 7 heteroatoms. The van der Waals surface area contributed by atoms with Gasteiger partial charge in [0.2, 0.25) is 5.91 Å². The van der Waals surface area contributed by atoms with Crippen molar-refractivity contribution in [3.05, 3.63) is 78.1 Å². The van der Waals surface area contributed by atoms with Gasteiger partial charge in [-0.25, -0.2) is 9.50 Å². The molecule has 3 heterocycles. The van der Waals surface area contributed by atoms with Gasteiger partial charge in [0.15, 0.2) is 11.5 Å². The smallest absolute Gasteiger partial charge is 0.243 e. The number of ether oxygens (including phenoxy) is 1. The van der Waals surface area contributed by atoms with Crippen molar-refractivity contribution in [3.63, 3.8) is 0 Å². The van der Waals surface area contributed by atoms with Crippen LogP contribution in [0.1, 0.15) is 37.6 Å². The van der Waals surface area contributed by atoms with Gasteiger partial charge in [-0.2, -0.15) is 5.10 Å². The molecule has 0 aliphatic carbocycles. The third-order valence-corrected chi connectivity index (χ3v) is 7.08. The van der Waals surface area contributed by atoms with Crippen LogP contribution in [0.2, 0.25) is 0 Å². The first-order valence-corrected chi connectivity index (χ1v) is 12.6. The highest BCUT2D eigenvalue weighted by molar-refractivity contribution is 5.96. The van der Waals surface area contributed by atoms with Gasteiger partial charge in [0.1, 0.15) is 5.75 Å². The van der Waals surface area contributed by atoms with Crippen molar-refractivity contribution in [2.45, 2.75) is 38.6 Å². The predicted molar refractivity (Wildman–Crippen MR) is 143 cm³/mol. The number of likely N-dealkylation sites (N-methyl/N-ethyl adjacent to an activating group) is 1. The first-order chi connectivity index (χ1) is 17.5. The maximum Gasteiger partial charge on any atom is 0.243 e. The largest absolute Gasteiger partial charge is 0.497 e. The number of hydrogen-bond donors (Lipinski definition) is 0. The summed E-state index contributed by atoms with van der Waals surface area (Å²) in [4.78, 5) is 22.0. The number of fused-ring (bicyclic) bond motifs is 1. The Morgan fingerprint density at radius 3 is 2.53 bits per heavy atom. The van der Waals surface area contributed by atoms with Crippen LogP contribution in [0.15, 0.2) is 66.7 Å². The summed E-state index contributed by atoms with van der Waals surface area (Å²) < 4.78 is 7.17. The zero-order valence-electron chi connectivity index (χ0n) is 21.2. The number of amides is 1. The third-order valence-electron chi connectivity index (χ3n) is 7.08. The Morgan fingerprint density at radius 2 is 1.78 bits per heavy atom. The van der Waals surface area contributed by atoms with Crippen molar-refractivity contribution in [2.75, 3.05) is 32.1 Å². The summed E-state index contributed by atoms with van der Waals surface area (Å²) in [6.45, 7) is 4.02. The first-order valence-electron chi connectivity index (χ1n) is 12.6. The second kappa shape index (κ2) is 10.5. The fraction of sp³-hybridized carbons (Fsp3) is 0.345. The summed E-state index contributed by atoms with van der Waals surface area (Å²) in [5.74, 6) is 1.69. The minimum atomic E-state index is -0.115. The van der Waals surface area contributed by atoms with Gasteiger partial charge in [-0.15, -0.1) is 0 Å². The van der Waals surface area contributed by atoms with Crippen molar-refractivity contribution in [2.24, 2.45) is 0 Å². The van der Waals surface area contributed by atoms with Crippen LogP contribution < -0.4 is 9.64 Å². The number of pyridine rings is 1. The number of likely N-dealkylation sites (tertiary alicyclic amines) is 1. The molecular formula is C29H33N5O2. The number of benzene rings is 2. The van der Waals surface area contributed by atoms with E-state index in [2.05, 4.69) is 17.0 Å². The third kappa shape index (κ3) is 4.97. The molecule has 2 aromatic heterocycles. The van der Waals surface area contributed by atoms with E-state index < -0.39 is 0 Å². The number of carbonyl (C=O) groups excluding carboxylic acids is 1. The fourth-order valence-corrected chi connectivity index (χ4v) is 4.93. The lowest BCUT2D eigenvalue weighted by Gasteiger charge is -2.33. The Bertz CT molecular complexity index is 1340. The summed E-state index contributed by atoms with van der Waals surface area (Å²) in [6, 6.07) is 21.9. The predicted octanol–water partition coefficient (Wildman–Crippen LogP) is 4.83. The van der Waals surface area contributed by atoms with Crippen LogP contribution in [-0.4, -0.2) is 58.7 Å². The summed E-state index contributed by atoms with van der Waals surface area (Å²) >= 11 is 0. The summed E-state index contributed by atoms with van der Waals surface area (Å²) in [7, 11) is 3.53. The Labute approximate surface area is 212 Å². The molecule has 36 heavy (non-hydrogen) atoms. The van der Waals surface area contributed by atoms with Gasteiger partial charge >= 0.3 is 0 Å². The lowest BCUT2D eigenvalue weighted by atomic mass is 10.1. The van der Waals surface area contributed by atoms with Crippen molar-refractivity contribution in [1.82, 2.24) is 19.5 Å². The number of methoxy groups -OCH3 is 1. The molecule has 1 amide bonds. The lowest BCUT2D eigenvalue weighted by molar-refractivity contribution is -0.123. The van der Waals surface area contributed by atoms with Crippen LogP contribution in [0.25, 0.3) is 16.9 Å². The number of anilines is 1. The Hall–Kier alpha value is -3.71. The highest BCUT2D eigenvalue weighted by atomic mass is 16.5. The molecule has 1 unspecified atom stereocenters. The lowest BCUT2D eigenvalue weighted by Crippen LogP contribution is -2.47. The minimum Gasteiger partial charge on any atom is -0.497 e. The average Bonchev–Trinajstić information content (AvgIpc) is 3.35. The average molecular weight is 484 g/mol. The Balaban J connectivity index is 1.35. The van der Waals surface area contributed by atoms with E-state index >= 15 is 0 Å². The quantitative estimate of drug-likeness (QED) is 0.377. The highest BCUT2D eigenvalue weighted by Gasteiger charge is 2.26.